The molecule has 0 unspecified atom stereocenters. The smallest absolute Gasteiger partial charge is 0.223 e. The van der Waals surface area contributed by atoms with E-state index >= 15 is 0 Å². The van der Waals surface area contributed by atoms with Crippen molar-refractivity contribution in [1.29, 1.82) is 0 Å². The fourth-order valence-electron chi connectivity index (χ4n) is 1.28. The zero-order chi connectivity index (χ0) is 13.4. The first kappa shape index (κ1) is 13.7. The van der Waals surface area contributed by atoms with E-state index in [2.05, 4.69) is 6.58 Å². The zero-order valence-corrected chi connectivity index (χ0v) is 10.1. The van der Waals surface area contributed by atoms with Crippen LogP contribution in [0.3, 0.4) is 0 Å². The second-order valence-corrected chi connectivity index (χ2v) is 3.36. The number of methoxy groups -OCH3 is 1. The molecule has 1 aromatic carbocycles. The summed E-state index contributed by atoms with van der Waals surface area (Å²) in [4.78, 5) is 22.3. The van der Waals surface area contributed by atoms with Gasteiger partial charge in [0.25, 0.3) is 0 Å². The van der Waals surface area contributed by atoms with Gasteiger partial charge < -0.3 is 9.47 Å². The number of ether oxygens (including phenoxy) is 2. The number of rotatable bonds is 7. The van der Waals surface area contributed by atoms with Gasteiger partial charge in [0.2, 0.25) is 17.3 Å². The van der Waals surface area contributed by atoms with Crippen molar-refractivity contribution in [1.82, 2.24) is 0 Å². The Balaban J connectivity index is 2.87. The number of carbonyl (C=O) groups is 2. The normalized spacial score (nSPS) is 11.2. The van der Waals surface area contributed by atoms with Crippen molar-refractivity contribution in [2.45, 2.75) is 6.61 Å². The second kappa shape index (κ2) is 7.06. The van der Waals surface area contributed by atoms with Gasteiger partial charge in [0.05, 0.1) is 7.11 Å². The zero-order valence-electron chi connectivity index (χ0n) is 10.1. The highest BCUT2D eigenvalue weighted by Crippen LogP contribution is 2.11. The van der Waals surface area contributed by atoms with Gasteiger partial charge in [0, 0.05) is 0 Å². The summed E-state index contributed by atoms with van der Waals surface area (Å²) in [5, 5.41) is 0. The average molecular weight is 246 g/mol. The average Bonchev–Trinajstić information content (AvgIpc) is 2.43. The quantitative estimate of drug-likeness (QED) is 0.419. The van der Waals surface area contributed by atoms with Crippen LogP contribution in [0.5, 0.6) is 0 Å². The molecule has 0 fully saturated rings. The largest absolute Gasteiger partial charge is 0.490 e. The highest BCUT2D eigenvalue weighted by Gasteiger charge is 2.15. The van der Waals surface area contributed by atoms with Crippen molar-refractivity contribution >= 4 is 12.1 Å². The third-order valence-electron chi connectivity index (χ3n) is 2.19. The maximum absolute atomic E-state index is 11.6. The molecule has 18 heavy (non-hydrogen) atoms. The Bertz CT molecular complexity index is 460. The summed E-state index contributed by atoms with van der Waals surface area (Å²) in [7, 11) is 1.30. The predicted octanol–water partition coefficient (Wildman–Crippen LogP) is 2.02. The fourth-order valence-corrected chi connectivity index (χ4v) is 1.28. The van der Waals surface area contributed by atoms with Gasteiger partial charge >= 0.3 is 0 Å². The van der Waals surface area contributed by atoms with Gasteiger partial charge in [-0.2, -0.15) is 0 Å². The van der Waals surface area contributed by atoms with E-state index in [0.717, 1.165) is 11.6 Å². The molecule has 0 N–H and O–H groups in total. The second-order valence-electron chi connectivity index (χ2n) is 3.36. The van der Waals surface area contributed by atoms with Crippen molar-refractivity contribution in [3.8, 4) is 0 Å². The van der Waals surface area contributed by atoms with Crippen LogP contribution in [-0.2, 0) is 25.7 Å². The van der Waals surface area contributed by atoms with Crippen molar-refractivity contribution in [3.63, 3.8) is 0 Å². The summed E-state index contributed by atoms with van der Waals surface area (Å²) < 4.78 is 10.1. The van der Waals surface area contributed by atoms with E-state index in [1.54, 1.807) is 0 Å². The number of hydrogen-bond donors (Lipinski definition) is 0. The van der Waals surface area contributed by atoms with Gasteiger partial charge in [-0.15, -0.1) is 0 Å². The first-order chi connectivity index (χ1) is 8.72. The maximum atomic E-state index is 11.6. The van der Waals surface area contributed by atoms with Crippen LogP contribution in [0.15, 0.2) is 54.5 Å². The number of allylic oxidation sites excluding steroid dienone is 2. The number of hydrogen-bond acceptors (Lipinski definition) is 4. The van der Waals surface area contributed by atoms with E-state index in [-0.39, 0.29) is 18.1 Å². The van der Waals surface area contributed by atoms with Gasteiger partial charge in [-0.25, -0.2) is 0 Å². The third-order valence-corrected chi connectivity index (χ3v) is 2.19. The van der Waals surface area contributed by atoms with Crippen molar-refractivity contribution in [2.75, 3.05) is 7.11 Å². The summed E-state index contributed by atoms with van der Waals surface area (Å²) in [5.74, 6) is -0.767. The summed E-state index contributed by atoms with van der Waals surface area (Å²) in [5.41, 5.74) is 0.883. The molecule has 0 saturated carbocycles. The van der Waals surface area contributed by atoms with Crippen molar-refractivity contribution in [2.24, 2.45) is 0 Å². The standard InChI is InChI=1S/C14H14O4/c1-3-12(16)14(13(9-15)17-2)18-10-11-7-5-4-6-8-11/h3-9H,1,10H2,2H3/b14-13+. The number of carbonyl (C=O) groups excluding carboxylic acids is 2. The Morgan fingerprint density at radius 1 is 1.33 bits per heavy atom. The molecule has 0 bridgehead atoms. The lowest BCUT2D eigenvalue weighted by molar-refractivity contribution is -0.116. The molecule has 0 heterocycles. The third kappa shape index (κ3) is 3.59. The molecule has 0 amide bonds. The molecule has 0 radical (unpaired) electrons. The van der Waals surface area contributed by atoms with Crippen LogP contribution < -0.4 is 0 Å². The van der Waals surface area contributed by atoms with Gasteiger partial charge in [-0.1, -0.05) is 36.9 Å². The fraction of sp³-hybridized carbons (Fsp3) is 0.143. The highest BCUT2D eigenvalue weighted by atomic mass is 16.5. The molecule has 1 aromatic rings. The Hall–Kier alpha value is -2.36. The topological polar surface area (TPSA) is 52.6 Å². The van der Waals surface area contributed by atoms with Gasteiger partial charge in [-0.3, -0.25) is 9.59 Å². The molecular weight excluding hydrogens is 232 g/mol. The summed E-state index contributed by atoms with van der Waals surface area (Å²) >= 11 is 0. The van der Waals surface area contributed by atoms with Crippen molar-refractivity contribution < 1.29 is 19.1 Å². The molecule has 0 saturated heterocycles. The molecular formula is C14H14O4. The minimum absolute atomic E-state index is 0.133. The van der Waals surface area contributed by atoms with Crippen LogP contribution in [0.2, 0.25) is 0 Å². The van der Waals surface area contributed by atoms with Gasteiger partial charge in [-0.05, 0) is 11.6 Å². The van der Waals surface area contributed by atoms with E-state index in [4.69, 9.17) is 9.47 Å². The summed E-state index contributed by atoms with van der Waals surface area (Å²) in [6.07, 6.45) is 1.50. The molecule has 4 nitrogen and oxygen atoms in total. The Kier molecular flexibility index (Phi) is 5.38. The highest BCUT2D eigenvalue weighted by molar-refractivity contribution is 6.04. The summed E-state index contributed by atoms with van der Waals surface area (Å²) in [6, 6.07) is 9.29. The Labute approximate surface area is 106 Å². The van der Waals surface area contributed by atoms with Gasteiger partial charge in [0.1, 0.15) is 6.61 Å². The number of ketones is 1. The first-order valence-electron chi connectivity index (χ1n) is 5.29. The summed E-state index contributed by atoms with van der Waals surface area (Å²) in [6.45, 7) is 3.53. The lowest BCUT2D eigenvalue weighted by atomic mass is 10.2. The van der Waals surface area contributed by atoms with Crippen LogP contribution in [-0.4, -0.2) is 19.2 Å². The van der Waals surface area contributed by atoms with Crippen LogP contribution in [0.1, 0.15) is 5.56 Å². The minimum atomic E-state index is -0.491. The van der Waals surface area contributed by atoms with Gasteiger partial charge in [0.15, 0.2) is 6.29 Å². The number of benzene rings is 1. The predicted molar refractivity (Wildman–Crippen MR) is 66.5 cm³/mol. The molecule has 0 aromatic heterocycles. The van der Waals surface area contributed by atoms with E-state index < -0.39 is 5.78 Å². The Morgan fingerprint density at radius 3 is 2.50 bits per heavy atom. The van der Waals surface area contributed by atoms with Crippen LogP contribution in [0, 0.1) is 0 Å². The molecule has 0 aliphatic rings. The van der Waals surface area contributed by atoms with Crippen LogP contribution in [0.4, 0.5) is 0 Å². The molecule has 0 aliphatic carbocycles. The van der Waals surface area contributed by atoms with E-state index in [1.165, 1.54) is 7.11 Å². The molecule has 4 heteroatoms. The van der Waals surface area contributed by atoms with Crippen molar-refractivity contribution in [3.05, 3.63) is 60.1 Å². The maximum Gasteiger partial charge on any atom is 0.223 e. The lowest BCUT2D eigenvalue weighted by Crippen LogP contribution is -2.09. The number of aldehydes is 1. The van der Waals surface area contributed by atoms with Crippen LogP contribution >= 0.6 is 0 Å². The SMILES string of the molecule is C=CC(=O)/C(OCc1ccccc1)=C(/C=O)OC. The molecule has 94 valence electrons. The van der Waals surface area contributed by atoms with E-state index in [9.17, 15) is 9.59 Å². The lowest BCUT2D eigenvalue weighted by Gasteiger charge is -2.10. The molecule has 0 spiro atoms. The Morgan fingerprint density at radius 2 is 2.00 bits per heavy atom. The minimum Gasteiger partial charge on any atom is -0.490 e. The molecule has 0 atom stereocenters. The molecule has 0 aliphatic heterocycles. The molecule has 1 rings (SSSR count). The first-order valence-corrected chi connectivity index (χ1v) is 5.29. The van der Waals surface area contributed by atoms with Crippen LogP contribution in [0.25, 0.3) is 0 Å². The van der Waals surface area contributed by atoms with E-state index in [0.29, 0.717) is 6.29 Å². The van der Waals surface area contributed by atoms with E-state index in [1.807, 2.05) is 30.3 Å². The monoisotopic (exact) mass is 246 g/mol.